The molecule has 1 heterocycles. The maximum atomic E-state index is 11.5. The molecule has 3 heteroatoms. The molecule has 1 unspecified atom stereocenters. The highest BCUT2D eigenvalue weighted by molar-refractivity contribution is 5.78. The van der Waals surface area contributed by atoms with Crippen molar-refractivity contribution in [1.29, 1.82) is 0 Å². The van der Waals surface area contributed by atoms with Gasteiger partial charge in [0.15, 0.2) is 0 Å². The zero-order valence-corrected chi connectivity index (χ0v) is 8.84. The van der Waals surface area contributed by atoms with Crippen molar-refractivity contribution in [1.82, 2.24) is 10.3 Å². The van der Waals surface area contributed by atoms with Gasteiger partial charge in [0.25, 0.3) is 0 Å². The Morgan fingerprint density at radius 3 is 3.00 bits per heavy atom. The number of rotatable bonds is 5. The lowest BCUT2D eigenvalue weighted by Gasteiger charge is -2.09. The standard InChI is InChI=1S/C11H18N2O/c1-3-4-9(2)11(14)13-8-10-5-6-12-7-10/h5-7,9,12H,3-4,8H2,1-2H3,(H,13,14). The van der Waals surface area contributed by atoms with Crippen molar-refractivity contribution < 1.29 is 4.79 Å². The van der Waals surface area contributed by atoms with Crippen LogP contribution in [-0.2, 0) is 11.3 Å². The van der Waals surface area contributed by atoms with Crippen molar-refractivity contribution in [3.8, 4) is 0 Å². The summed E-state index contributed by atoms with van der Waals surface area (Å²) in [5, 5.41) is 2.91. The fourth-order valence-corrected chi connectivity index (χ4v) is 1.40. The molecule has 78 valence electrons. The van der Waals surface area contributed by atoms with Crippen LogP contribution in [0.15, 0.2) is 18.5 Å². The molecule has 0 radical (unpaired) electrons. The van der Waals surface area contributed by atoms with Gasteiger partial charge in [0, 0.05) is 24.9 Å². The molecule has 0 aliphatic heterocycles. The Morgan fingerprint density at radius 2 is 2.43 bits per heavy atom. The molecule has 0 saturated heterocycles. The maximum Gasteiger partial charge on any atom is 0.223 e. The van der Waals surface area contributed by atoms with Crippen LogP contribution in [0.4, 0.5) is 0 Å². The van der Waals surface area contributed by atoms with Gasteiger partial charge in [0.2, 0.25) is 5.91 Å². The van der Waals surface area contributed by atoms with Gasteiger partial charge in [-0.3, -0.25) is 4.79 Å². The number of nitrogens with one attached hydrogen (secondary N) is 2. The Morgan fingerprint density at radius 1 is 1.64 bits per heavy atom. The van der Waals surface area contributed by atoms with Crippen LogP contribution < -0.4 is 5.32 Å². The van der Waals surface area contributed by atoms with E-state index >= 15 is 0 Å². The summed E-state index contributed by atoms with van der Waals surface area (Å²) < 4.78 is 0. The summed E-state index contributed by atoms with van der Waals surface area (Å²) in [6.07, 6.45) is 5.76. The van der Waals surface area contributed by atoms with Crippen LogP contribution in [0.1, 0.15) is 32.3 Å². The number of aromatic nitrogens is 1. The third-order valence-electron chi connectivity index (χ3n) is 2.30. The van der Waals surface area contributed by atoms with Crippen LogP contribution in [-0.4, -0.2) is 10.9 Å². The zero-order valence-electron chi connectivity index (χ0n) is 8.84. The first-order chi connectivity index (χ1) is 6.74. The van der Waals surface area contributed by atoms with Gasteiger partial charge in [0.1, 0.15) is 0 Å². The lowest BCUT2D eigenvalue weighted by Crippen LogP contribution is -2.28. The molecule has 0 spiro atoms. The molecule has 0 aliphatic carbocycles. The quantitative estimate of drug-likeness (QED) is 0.740. The van der Waals surface area contributed by atoms with E-state index in [0.717, 1.165) is 18.4 Å². The lowest BCUT2D eigenvalue weighted by molar-refractivity contribution is -0.124. The minimum absolute atomic E-state index is 0.124. The van der Waals surface area contributed by atoms with Crippen LogP contribution in [0.3, 0.4) is 0 Å². The molecular formula is C11H18N2O. The van der Waals surface area contributed by atoms with E-state index < -0.39 is 0 Å². The highest BCUT2D eigenvalue weighted by Crippen LogP contribution is 2.05. The number of hydrogen-bond donors (Lipinski definition) is 2. The monoisotopic (exact) mass is 194 g/mol. The average molecular weight is 194 g/mol. The summed E-state index contributed by atoms with van der Waals surface area (Å²) in [5.74, 6) is 0.270. The molecule has 0 aromatic carbocycles. The van der Waals surface area contributed by atoms with Crippen LogP contribution >= 0.6 is 0 Å². The molecule has 1 atom stereocenters. The summed E-state index contributed by atoms with van der Waals surface area (Å²) in [4.78, 5) is 14.5. The smallest absolute Gasteiger partial charge is 0.223 e. The Bertz CT molecular complexity index is 267. The average Bonchev–Trinajstić information content (AvgIpc) is 2.67. The van der Waals surface area contributed by atoms with Gasteiger partial charge in [-0.1, -0.05) is 20.3 Å². The van der Waals surface area contributed by atoms with Crippen molar-refractivity contribution in [2.45, 2.75) is 33.2 Å². The molecule has 1 rings (SSSR count). The third kappa shape index (κ3) is 3.24. The van der Waals surface area contributed by atoms with E-state index in [0.29, 0.717) is 6.54 Å². The topological polar surface area (TPSA) is 44.9 Å². The van der Waals surface area contributed by atoms with Gasteiger partial charge >= 0.3 is 0 Å². The molecule has 0 bridgehead atoms. The van der Waals surface area contributed by atoms with Gasteiger partial charge in [0.05, 0.1) is 0 Å². The van der Waals surface area contributed by atoms with E-state index in [-0.39, 0.29) is 11.8 Å². The first-order valence-electron chi connectivity index (χ1n) is 5.13. The maximum absolute atomic E-state index is 11.5. The second-order valence-electron chi connectivity index (χ2n) is 3.63. The van der Waals surface area contributed by atoms with E-state index in [1.165, 1.54) is 0 Å². The highest BCUT2D eigenvalue weighted by Gasteiger charge is 2.10. The van der Waals surface area contributed by atoms with Crippen molar-refractivity contribution in [2.75, 3.05) is 0 Å². The predicted molar refractivity (Wildman–Crippen MR) is 56.7 cm³/mol. The number of carbonyl (C=O) groups excluding carboxylic acids is 1. The van der Waals surface area contributed by atoms with Crippen LogP contribution in [0.5, 0.6) is 0 Å². The second-order valence-corrected chi connectivity index (χ2v) is 3.63. The van der Waals surface area contributed by atoms with Gasteiger partial charge in [-0.2, -0.15) is 0 Å². The van der Waals surface area contributed by atoms with Gasteiger partial charge < -0.3 is 10.3 Å². The Labute approximate surface area is 84.9 Å². The van der Waals surface area contributed by atoms with Gasteiger partial charge in [-0.15, -0.1) is 0 Å². The number of aromatic amines is 1. The minimum Gasteiger partial charge on any atom is -0.367 e. The van der Waals surface area contributed by atoms with Crippen molar-refractivity contribution >= 4 is 5.91 Å². The van der Waals surface area contributed by atoms with E-state index in [9.17, 15) is 4.79 Å². The van der Waals surface area contributed by atoms with E-state index in [1.54, 1.807) is 0 Å². The van der Waals surface area contributed by atoms with Crippen molar-refractivity contribution in [2.24, 2.45) is 5.92 Å². The molecule has 0 aliphatic rings. The fourth-order valence-electron chi connectivity index (χ4n) is 1.40. The minimum atomic E-state index is 0.124. The molecule has 1 amide bonds. The van der Waals surface area contributed by atoms with E-state index in [4.69, 9.17) is 0 Å². The summed E-state index contributed by atoms with van der Waals surface area (Å²) in [6.45, 7) is 4.68. The van der Waals surface area contributed by atoms with E-state index in [2.05, 4.69) is 17.2 Å². The summed E-state index contributed by atoms with van der Waals surface area (Å²) in [5.41, 5.74) is 1.11. The summed E-state index contributed by atoms with van der Waals surface area (Å²) in [7, 11) is 0. The van der Waals surface area contributed by atoms with Crippen LogP contribution in [0.2, 0.25) is 0 Å². The second kappa shape index (κ2) is 5.47. The first-order valence-corrected chi connectivity index (χ1v) is 5.13. The lowest BCUT2D eigenvalue weighted by atomic mass is 10.1. The van der Waals surface area contributed by atoms with Crippen LogP contribution in [0, 0.1) is 5.92 Å². The summed E-state index contributed by atoms with van der Waals surface area (Å²) >= 11 is 0. The largest absolute Gasteiger partial charge is 0.367 e. The Balaban J connectivity index is 2.27. The Hall–Kier alpha value is -1.25. The first kappa shape index (κ1) is 10.8. The summed E-state index contributed by atoms with van der Waals surface area (Å²) in [6, 6.07) is 1.96. The number of carbonyl (C=O) groups is 1. The predicted octanol–water partition coefficient (Wildman–Crippen LogP) is 2.07. The normalized spacial score (nSPS) is 12.4. The molecule has 2 N–H and O–H groups in total. The van der Waals surface area contributed by atoms with Crippen molar-refractivity contribution in [3.05, 3.63) is 24.0 Å². The molecule has 0 saturated carbocycles. The van der Waals surface area contributed by atoms with Gasteiger partial charge in [-0.25, -0.2) is 0 Å². The Kier molecular flexibility index (Phi) is 4.23. The number of hydrogen-bond acceptors (Lipinski definition) is 1. The molecule has 3 nitrogen and oxygen atoms in total. The molecule has 1 aromatic heterocycles. The molecule has 14 heavy (non-hydrogen) atoms. The number of amides is 1. The SMILES string of the molecule is CCCC(C)C(=O)NCc1cc[nH]c1. The fraction of sp³-hybridized carbons (Fsp3) is 0.545. The molecule has 1 aromatic rings. The number of H-pyrrole nitrogens is 1. The van der Waals surface area contributed by atoms with Crippen molar-refractivity contribution in [3.63, 3.8) is 0 Å². The van der Waals surface area contributed by atoms with Gasteiger partial charge in [-0.05, 0) is 18.1 Å². The highest BCUT2D eigenvalue weighted by atomic mass is 16.1. The van der Waals surface area contributed by atoms with Crippen LogP contribution in [0.25, 0.3) is 0 Å². The van der Waals surface area contributed by atoms with E-state index in [1.807, 2.05) is 25.4 Å². The molecular weight excluding hydrogens is 176 g/mol. The molecule has 0 fully saturated rings. The zero-order chi connectivity index (χ0) is 10.4. The third-order valence-corrected chi connectivity index (χ3v) is 2.30.